The number of amides is 1. The van der Waals surface area contributed by atoms with Gasteiger partial charge in [-0.1, -0.05) is 6.07 Å². The zero-order valence-corrected chi connectivity index (χ0v) is 16.7. The molecular formula is C21H30N4O3. The van der Waals surface area contributed by atoms with E-state index in [4.69, 9.17) is 14.5 Å². The first-order valence-electron chi connectivity index (χ1n) is 10.3. The molecule has 4 rings (SSSR count). The summed E-state index contributed by atoms with van der Waals surface area (Å²) in [5.41, 5.74) is 2.47. The van der Waals surface area contributed by atoms with Gasteiger partial charge in [0.2, 0.25) is 0 Å². The molecule has 2 aromatic rings. The molecule has 7 nitrogen and oxygen atoms in total. The fraction of sp³-hybridized carbons (Fsp3) is 0.619. The summed E-state index contributed by atoms with van der Waals surface area (Å²) in [5.74, 6) is 0.0778. The molecular weight excluding hydrogens is 356 g/mol. The quantitative estimate of drug-likeness (QED) is 0.683. The average molecular weight is 386 g/mol. The molecule has 0 N–H and O–H groups in total. The SMILES string of the molecule is COCCOC1CCN(Cc2c(C(=O)N3CCCC3)nc3ccccn23)CC1. The van der Waals surface area contributed by atoms with Gasteiger partial charge in [0.1, 0.15) is 5.65 Å². The molecule has 0 radical (unpaired) electrons. The van der Waals surface area contributed by atoms with E-state index >= 15 is 0 Å². The molecule has 4 heterocycles. The van der Waals surface area contributed by atoms with Crippen molar-refractivity contribution in [3.63, 3.8) is 0 Å². The topological polar surface area (TPSA) is 59.3 Å². The van der Waals surface area contributed by atoms with Crippen LogP contribution in [0, 0.1) is 0 Å². The van der Waals surface area contributed by atoms with Gasteiger partial charge in [-0.25, -0.2) is 4.98 Å². The lowest BCUT2D eigenvalue weighted by Crippen LogP contribution is -2.38. The number of carbonyl (C=O) groups is 1. The second kappa shape index (κ2) is 9.03. The molecule has 0 spiro atoms. The summed E-state index contributed by atoms with van der Waals surface area (Å²) < 4.78 is 13.0. The highest BCUT2D eigenvalue weighted by molar-refractivity contribution is 5.94. The van der Waals surface area contributed by atoms with Crippen LogP contribution in [-0.2, 0) is 16.0 Å². The molecule has 1 amide bonds. The van der Waals surface area contributed by atoms with Crippen LogP contribution in [-0.4, -0.2) is 77.7 Å². The maximum absolute atomic E-state index is 13.1. The maximum Gasteiger partial charge on any atom is 0.274 e. The van der Waals surface area contributed by atoms with E-state index in [2.05, 4.69) is 9.30 Å². The van der Waals surface area contributed by atoms with Crippen LogP contribution in [0.5, 0.6) is 0 Å². The molecule has 0 unspecified atom stereocenters. The number of fused-ring (bicyclic) bond motifs is 1. The predicted molar refractivity (Wildman–Crippen MR) is 106 cm³/mol. The number of piperidine rings is 1. The van der Waals surface area contributed by atoms with E-state index in [-0.39, 0.29) is 5.91 Å². The summed E-state index contributed by atoms with van der Waals surface area (Å²) in [6.07, 6.45) is 6.51. The lowest BCUT2D eigenvalue weighted by Gasteiger charge is -2.32. The number of hydrogen-bond donors (Lipinski definition) is 0. The highest BCUT2D eigenvalue weighted by Crippen LogP contribution is 2.22. The number of hydrogen-bond acceptors (Lipinski definition) is 5. The molecule has 152 valence electrons. The molecule has 0 atom stereocenters. The number of carbonyl (C=O) groups excluding carboxylic acids is 1. The molecule has 2 aliphatic heterocycles. The van der Waals surface area contributed by atoms with E-state index in [9.17, 15) is 4.79 Å². The van der Waals surface area contributed by atoms with Crippen LogP contribution in [0.15, 0.2) is 24.4 Å². The Kier molecular flexibility index (Phi) is 6.24. The molecule has 2 aromatic heterocycles. The minimum atomic E-state index is 0.0778. The van der Waals surface area contributed by atoms with Gasteiger partial charge in [0.25, 0.3) is 5.91 Å². The van der Waals surface area contributed by atoms with Gasteiger partial charge in [-0.3, -0.25) is 9.69 Å². The Bertz CT molecular complexity index is 792. The van der Waals surface area contributed by atoms with Crippen molar-refractivity contribution in [2.45, 2.75) is 38.3 Å². The monoisotopic (exact) mass is 386 g/mol. The normalized spacial score (nSPS) is 19.0. The Morgan fingerprint density at radius 1 is 1.14 bits per heavy atom. The number of rotatable bonds is 7. The molecule has 0 bridgehead atoms. The lowest BCUT2D eigenvalue weighted by molar-refractivity contribution is -0.0160. The Labute approximate surface area is 166 Å². The smallest absolute Gasteiger partial charge is 0.274 e. The largest absolute Gasteiger partial charge is 0.382 e. The lowest BCUT2D eigenvalue weighted by atomic mass is 10.1. The average Bonchev–Trinajstić information content (AvgIpc) is 3.38. The minimum Gasteiger partial charge on any atom is -0.382 e. The van der Waals surface area contributed by atoms with Crippen molar-refractivity contribution in [1.29, 1.82) is 0 Å². The number of ether oxygens (including phenoxy) is 2. The number of aromatic nitrogens is 2. The van der Waals surface area contributed by atoms with E-state index < -0.39 is 0 Å². The van der Waals surface area contributed by atoms with Gasteiger partial charge >= 0.3 is 0 Å². The predicted octanol–water partition coefficient (Wildman–Crippen LogP) is 2.20. The fourth-order valence-electron chi connectivity index (χ4n) is 4.18. The Morgan fingerprint density at radius 3 is 2.68 bits per heavy atom. The van der Waals surface area contributed by atoms with Crippen molar-refractivity contribution in [3.05, 3.63) is 35.8 Å². The second-order valence-corrected chi connectivity index (χ2v) is 7.67. The van der Waals surface area contributed by atoms with E-state index in [0.717, 1.165) is 69.7 Å². The van der Waals surface area contributed by atoms with Crippen LogP contribution in [0.4, 0.5) is 0 Å². The van der Waals surface area contributed by atoms with Gasteiger partial charge in [-0.2, -0.15) is 0 Å². The second-order valence-electron chi connectivity index (χ2n) is 7.67. The standard InChI is InChI=1S/C21H30N4O3/c1-27-14-15-28-17-7-12-23(13-8-17)16-18-20(21(26)24-9-4-5-10-24)22-19-6-2-3-11-25(18)19/h2-3,6,11,17H,4-5,7-10,12-16H2,1H3. The van der Waals surface area contributed by atoms with Crippen molar-refractivity contribution in [3.8, 4) is 0 Å². The third-order valence-electron chi connectivity index (χ3n) is 5.77. The van der Waals surface area contributed by atoms with Gasteiger partial charge in [0, 0.05) is 46.0 Å². The number of imidazole rings is 1. The summed E-state index contributed by atoms with van der Waals surface area (Å²) in [6, 6.07) is 5.94. The van der Waals surface area contributed by atoms with Crippen LogP contribution in [0.2, 0.25) is 0 Å². The summed E-state index contributed by atoms with van der Waals surface area (Å²) in [5, 5.41) is 0. The number of likely N-dealkylation sites (tertiary alicyclic amines) is 2. The first kappa shape index (κ1) is 19.4. The molecule has 0 aliphatic carbocycles. The number of nitrogens with zero attached hydrogens (tertiary/aromatic N) is 4. The molecule has 0 saturated carbocycles. The van der Waals surface area contributed by atoms with Crippen molar-refractivity contribution < 1.29 is 14.3 Å². The molecule has 7 heteroatoms. The van der Waals surface area contributed by atoms with Gasteiger partial charge in [-0.15, -0.1) is 0 Å². The zero-order chi connectivity index (χ0) is 19.3. The molecule has 28 heavy (non-hydrogen) atoms. The number of methoxy groups -OCH3 is 1. The molecule has 0 aromatic carbocycles. The van der Waals surface area contributed by atoms with Gasteiger partial charge in [0.15, 0.2) is 5.69 Å². The Morgan fingerprint density at radius 2 is 1.93 bits per heavy atom. The third-order valence-corrected chi connectivity index (χ3v) is 5.77. The van der Waals surface area contributed by atoms with Gasteiger partial charge in [0.05, 0.1) is 25.0 Å². The fourth-order valence-corrected chi connectivity index (χ4v) is 4.18. The first-order valence-corrected chi connectivity index (χ1v) is 10.3. The van der Waals surface area contributed by atoms with Crippen molar-refractivity contribution in [2.75, 3.05) is 46.5 Å². The maximum atomic E-state index is 13.1. The minimum absolute atomic E-state index is 0.0778. The number of pyridine rings is 1. The molecule has 2 saturated heterocycles. The highest BCUT2D eigenvalue weighted by atomic mass is 16.5. The summed E-state index contributed by atoms with van der Waals surface area (Å²) in [4.78, 5) is 22.1. The van der Waals surface area contributed by atoms with Gasteiger partial charge in [-0.05, 0) is 37.8 Å². The van der Waals surface area contributed by atoms with E-state index in [0.29, 0.717) is 25.0 Å². The van der Waals surface area contributed by atoms with E-state index in [1.54, 1.807) is 7.11 Å². The zero-order valence-electron chi connectivity index (χ0n) is 16.7. The van der Waals surface area contributed by atoms with Gasteiger partial charge < -0.3 is 18.8 Å². The summed E-state index contributed by atoms with van der Waals surface area (Å²) in [6.45, 7) is 5.66. The van der Waals surface area contributed by atoms with E-state index in [1.165, 1.54) is 0 Å². The Balaban J connectivity index is 1.47. The van der Waals surface area contributed by atoms with Crippen LogP contribution in [0.1, 0.15) is 41.9 Å². The summed E-state index contributed by atoms with van der Waals surface area (Å²) >= 11 is 0. The van der Waals surface area contributed by atoms with Crippen molar-refractivity contribution >= 4 is 11.6 Å². The van der Waals surface area contributed by atoms with Crippen LogP contribution >= 0.6 is 0 Å². The van der Waals surface area contributed by atoms with Crippen LogP contribution in [0.25, 0.3) is 5.65 Å². The van der Waals surface area contributed by atoms with Crippen molar-refractivity contribution in [2.24, 2.45) is 0 Å². The van der Waals surface area contributed by atoms with Crippen LogP contribution in [0.3, 0.4) is 0 Å². The first-order chi connectivity index (χ1) is 13.8. The third kappa shape index (κ3) is 4.21. The van der Waals surface area contributed by atoms with Crippen molar-refractivity contribution in [1.82, 2.24) is 19.2 Å². The van der Waals surface area contributed by atoms with Crippen LogP contribution < -0.4 is 0 Å². The van der Waals surface area contributed by atoms with E-state index in [1.807, 2.05) is 29.3 Å². The highest BCUT2D eigenvalue weighted by Gasteiger charge is 2.28. The molecule has 2 aliphatic rings. The summed E-state index contributed by atoms with van der Waals surface area (Å²) in [7, 11) is 1.70. The Hall–Kier alpha value is -1.96. The molecule has 2 fully saturated rings.